The highest BCUT2D eigenvalue weighted by Crippen LogP contribution is 2.28. The molecule has 0 bridgehead atoms. The van der Waals surface area contributed by atoms with Crippen LogP contribution in [0.1, 0.15) is 23.1 Å². The first-order chi connectivity index (χ1) is 9.47. The number of aliphatic carboxylic acids is 1. The molecular weight excluding hydrogens is 255 g/mol. The van der Waals surface area contributed by atoms with Crippen LogP contribution in [-0.4, -0.2) is 11.1 Å². The molecular formula is C17H17FO2. The molecule has 3 heteroatoms. The maximum Gasteiger partial charge on any atom is 0.303 e. The molecule has 0 aliphatic rings. The van der Waals surface area contributed by atoms with Crippen LogP contribution in [0, 0.1) is 19.7 Å². The number of carbonyl (C=O) groups is 1. The predicted octanol–water partition coefficient (Wildman–Crippen LogP) is 4.13. The van der Waals surface area contributed by atoms with E-state index in [1.54, 1.807) is 0 Å². The minimum atomic E-state index is -0.801. The maximum absolute atomic E-state index is 13.3. The van der Waals surface area contributed by atoms with Gasteiger partial charge in [-0.3, -0.25) is 4.79 Å². The Balaban J connectivity index is 2.38. The van der Waals surface area contributed by atoms with E-state index in [9.17, 15) is 9.18 Å². The van der Waals surface area contributed by atoms with E-state index in [0.29, 0.717) is 6.42 Å². The van der Waals surface area contributed by atoms with Gasteiger partial charge in [-0.2, -0.15) is 0 Å². The highest BCUT2D eigenvalue weighted by atomic mass is 19.1. The number of hydrogen-bond acceptors (Lipinski definition) is 1. The Morgan fingerprint density at radius 2 is 1.80 bits per heavy atom. The lowest BCUT2D eigenvalue weighted by atomic mass is 9.94. The molecule has 1 N–H and O–H groups in total. The van der Waals surface area contributed by atoms with Crippen LogP contribution in [0.25, 0.3) is 11.1 Å². The lowest BCUT2D eigenvalue weighted by molar-refractivity contribution is -0.136. The Bertz CT molecular complexity index is 624. The van der Waals surface area contributed by atoms with Gasteiger partial charge in [0.1, 0.15) is 5.82 Å². The lowest BCUT2D eigenvalue weighted by Gasteiger charge is -2.11. The van der Waals surface area contributed by atoms with Crippen LogP contribution in [0.3, 0.4) is 0 Å². The highest BCUT2D eigenvalue weighted by molar-refractivity contribution is 5.72. The smallest absolute Gasteiger partial charge is 0.303 e. The zero-order chi connectivity index (χ0) is 14.7. The van der Waals surface area contributed by atoms with E-state index in [4.69, 9.17) is 5.11 Å². The third kappa shape index (κ3) is 3.23. The molecule has 0 spiro atoms. The van der Waals surface area contributed by atoms with Crippen LogP contribution in [0.4, 0.5) is 4.39 Å². The van der Waals surface area contributed by atoms with E-state index < -0.39 is 5.97 Å². The molecule has 0 radical (unpaired) electrons. The number of aryl methyl sites for hydroxylation is 3. The summed E-state index contributed by atoms with van der Waals surface area (Å²) in [5, 5.41) is 8.74. The number of carboxylic acids is 1. The van der Waals surface area contributed by atoms with Crippen molar-refractivity contribution in [2.75, 3.05) is 0 Å². The number of carboxylic acid groups (broad SMARTS) is 1. The molecule has 0 amide bonds. The zero-order valence-electron chi connectivity index (χ0n) is 11.6. The van der Waals surface area contributed by atoms with Gasteiger partial charge in [0.2, 0.25) is 0 Å². The minimum absolute atomic E-state index is 0.116. The van der Waals surface area contributed by atoms with E-state index >= 15 is 0 Å². The van der Waals surface area contributed by atoms with Crippen LogP contribution in [0.2, 0.25) is 0 Å². The van der Waals surface area contributed by atoms with E-state index in [1.165, 1.54) is 12.1 Å². The third-order valence-electron chi connectivity index (χ3n) is 3.34. The second-order valence-electron chi connectivity index (χ2n) is 5.01. The average molecular weight is 272 g/mol. The molecule has 2 rings (SSSR count). The fourth-order valence-electron chi connectivity index (χ4n) is 2.50. The van der Waals surface area contributed by atoms with E-state index in [1.807, 2.05) is 38.1 Å². The molecule has 0 aromatic heterocycles. The first-order valence-corrected chi connectivity index (χ1v) is 6.55. The van der Waals surface area contributed by atoms with Crippen molar-refractivity contribution in [1.29, 1.82) is 0 Å². The number of hydrogen-bond donors (Lipinski definition) is 1. The largest absolute Gasteiger partial charge is 0.481 e. The summed E-state index contributed by atoms with van der Waals surface area (Å²) in [4.78, 5) is 10.6. The molecule has 0 saturated carbocycles. The van der Waals surface area contributed by atoms with Crippen LogP contribution in [-0.2, 0) is 11.2 Å². The van der Waals surface area contributed by atoms with Crippen molar-refractivity contribution >= 4 is 5.97 Å². The van der Waals surface area contributed by atoms with Gasteiger partial charge in [0.05, 0.1) is 0 Å². The number of rotatable bonds is 4. The van der Waals surface area contributed by atoms with Crippen molar-refractivity contribution in [2.45, 2.75) is 26.7 Å². The zero-order valence-corrected chi connectivity index (χ0v) is 11.6. The first kappa shape index (κ1) is 14.3. The quantitative estimate of drug-likeness (QED) is 0.908. The SMILES string of the molecule is Cc1cc(F)cc(C)c1-c1cccc(CCC(=O)O)c1. The minimum Gasteiger partial charge on any atom is -0.481 e. The van der Waals surface area contributed by atoms with E-state index in [2.05, 4.69) is 0 Å². The summed E-state index contributed by atoms with van der Waals surface area (Å²) in [6.45, 7) is 3.77. The predicted molar refractivity (Wildman–Crippen MR) is 77.3 cm³/mol. The van der Waals surface area contributed by atoms with Gasteiger partial charge in [-0.25, -0.2) is 4.39 Å². The fraction of sp³-hybridized carbons (Fsp3) is 0.235. The van der Waals surface area contributed by atoms with Crippen molar-refractivity contribution in [3.05, 3.63) is 58.9 Å². The third-order valence-corrected chi connectivity index (χ3v) is 3.34. The molecule has 104 valence electrons. The Kier molecular flexibility index (Phi) is 4.18. The van der Waals surface area contributed by atoms with Crippen LogP contribution >= 0.6 is 0 Å². The highest BCUT2D eigenvalue weighted by Gasteiger charge is 2.09. The molecule has 0 saturated heterocycles. The topological polar surface area (TPSA) is 37.3 Å². The summed E-state index contributed by atoms with van der Waals surface area (Å²) in [5.74, 6) is -1.03. The van der Waals surface area contributed by atoms with Crippen LogP contribution in [0.15, 0.2) is 36.4 Å². The van der Waals surface area contributed by atoms with Gasteiger partial charge in [-0.05, 0) is 60.2 Å². The maximum atomic E-state index is 13.3. The average Bonchev–Trinajstić information content (AvgIpc) is 2.35. The molecule has 0 fully saturated rings. The van der Waals surface area contributed by atoms with Crippen molar-refractivity contribution in [2.24, 2.45) is 0 Å². The summed E-state index contributed by atoms with van der Waals surface area (Å²) in [6, 6.07) is 10.8. The van der Waals surface area contributed by atoms with Crippen molar-refractivity contribution in [3.8, 4) is 11.1 Å². The first-order valence-electron chi connectivity index (χ1n) is 6.55. The fourth-order valence-corrected chi connectivity index (χ4v) is 2.50. The summed E-state index contributed by atoms with van der Waals surface area (Å²) < 4.78 is 13.3. The molecule has 0 heterocycles. The van der Waals surface area contributed by atoms with Gasteiger partial charge >= 0.3 is 5.97 Å². The second kappa shape index (κ2) is 5.87. The molecule has 0 aliphatic carbocycles. The monoisotopic (exact) mass is 272 g/mol. The van der Waals surface area contributed by atoms with Gasteiger partial charge in [0.25, 0.3) is 0 Å². The number of benzene rings is 2. The van der Waals surface area contributed by atoms with Gasteiger partial charge < -0.3 is 5.11 Å². The van der Waals surface area contributed by atoms with Crippen molar-refractivity contribution in [3.63, 3.8) is 0 Å². The van der Waals surface area contributed by atoms with Crippen molar-refractivity contribution in [1.82, 2.24) is 0 Å². The van der Waals surface area contributed by atoms with Crippen LogP contribution in [0.5, 0.6) is 0 Å². The molecule has 0 atom stereocenters. The molecule has 2 aromatic carbocycles. The Morgan fingerprint density at radius 3 is 2.40 bits per heavy atom. The van der Waals surface area contributed by atoms with E-state index in [-0.39, 0.29) is 12.2 Å². The molecule has 0 unspecified atom stereocenters. The normalized spacial score (nSPS) is 10.6. The summed E-state index contributed by atoms with van der Waals surface area (Å²) in [5.41, 5.74) is 4.77. The van der Waals surface area contributed by atoms with Gasteiger partial charge in [0, 0.05) is 6.42 Å². The molecule has 2 nitrogen and oxygen atoms in total. The Labute approximate surface area is 117 Å². The van der Waals surface area contributed by atoms with Gasteiger partial charge in [-0.15, -0.1) is 0 Å². The standard InChI is InChI=1S/C17H17FO2/c1-11-8-15(18)9-12(2)17(11)14-5-3-4-13(10-14)6-7-16(19)20/h3-5,8-10H,6-7H2,1-2H3,(H,19,20). The van der Waals surface area contributed by atoms with Crippen molar-refractivity contribution < 1.29 is 14.3 Å². The number of halogens is 1. The molecule has 2 aromatic rings. The molecule has 20 heavy (non-hydrogen) atoms. The Morgan fingerprint density at radius 1 is 1.15 bits per heavy atom. The van der Waals surface area contributed by atoms with Gasteiger partial charge in [0.15, 0.2) is 0 Å². The Hall–Kier alpha value is -2.16. The van der Waals surface area contributed by atoms with Crippen LogP contribution < -0.4 is 0 Å². The van der Waals surface area contributed by atoms with E-state index in [0.717, 1.165) is 27.8 Å². The van der Waals surface area contributed by atoms with Gasteiger partial charge in [-0.1, -0.05) is 24.3 Å². The second-order valence-corrected chi connectivity index (χ2v) is 5.01. The molecule has 0 aliphatic heterocycles. The lowest BCUT2D eigenvalue weighted by Crippen LogP contribution is -1.98. The summed E-state index contributed by atoms with van der Waals surface area (Å²) in [7, 11) is 0. The summed E-state index contributed by atoms with van der Waals surface area (Å²) >= 11 is 0. The summed E-state index contributed by atoms with van der Waals surface area (Å²) in [6.07, 6.45) is 0.618.